The van der Waals surface area contributed by atoms with Crippen LogP contribution in [0.25, 0.3) is 23.5 Å². The second-order valence-electron chi connectivity index (χ2n) is 3.71. The van der Waals surface area contributed by atoms with Crippen molar-refractivity contribution in [3.8, 4) is 11.4 Å². The number of rotatable bonds is 3. The molecule has 0 spiro atoms. The maximum atomic E-state index is 6.19. The third kappa shape index (κ3) is 3.78. The van der Waals surface area contributed by atoms with E-state index in [4.69, 9.17) is 11.6 Å². The normalized spacial score (nSPS) is 10.0. The second kappa shape index (κ2) is 8.28. The van der Waals surface area contributed by atoms with Crippen LogP contribution in [0.1, 0.15) is 32.0 Å². The lowest BCUT2D eigenvalue weighted by molar-refractivity contribution is 1.15. The van der Waals surface area contributed by atoms with Crippen molar-refractivity contribution < 1.29 is 0 Å². The molecule has 0 aliphatic heterocycles. The van der Waals surface area contributed by atoms with E-state index in [-0.39, 0.29) is 0 Å². The Morgan fingerprint density at radius 2 is 1.75 bits per heavy atom. The summed E-state index contributed by atoms with van der Waals surface area (Å²) in [5.74, 6) is 0.615. The van der Waals surface area contributed by atoms with E-state index in [0.29, 0.717) is 11.0 Å². The van der Waals surface area contributed by atoms with Gasteiger partial charge < -0.3 is 0 Å². The zero-order valence-electron chi connectivity index (χ0n) is 12.1. The van der Waals surface area contributed by atoms with E-state index in [1.807, 2.05) is 63.3 Å². The van der Waals surface area contributed by atoms with Gasteiger partial charge >= 0.3 is 0 Å². The van der Waals surface area contributed by atoms with Crippen LogP contribution in [0.2, 0.25) is 5.15 Å². The minimum absolute atomic E-state index is 0.442. The SMILES string of the molecule is C=Cc1nc(-c2ccccc2)nc(Cl)c1/C=C\C.CC. The topological polar surface area (TPSA) is 25.8 Å². The molecule has 0 N–H and O–H groups in total. The third-order valence-electron chi connectivity index (χ3n) is 2.49. The number of hydrogen-bond acceptors (Lipinski definition) is 2. The smallest absolute Gasteiger partial charge is 0.161 e. The van der Waals surface area contributed by atoms with E-state index in [9.17, 15) is 0 Å². The Morgan fingerprint density at radius 1 is 1.10 bits per heavy atom. The van der Waals surface area contributed by atoms with E-state index in [1.54, 1.807) is 6.08 Å². The maximum absolute atomic E-state index is 6.19. The standard InChI is InChI=1S/C15H13ClN2.C2H6/c1-3-8-12-13(4-2)17-15(18-14(12)16)11-9-6-5-7-10-11;1-2/h3-10H,2H2,1H3;1-2H3/b8-3-;. The highest BCUT2D eigenvalue weighted by molar-refractivity contribution is 6.31. The summed E-state index contributed by atoms with van der Waals surface area (Å²) in [5, 5.41) is 0.442. The van der Waals surface area contributed by atoms with E-state index in [1.165, 1.54) is 0 Å². The lowest BCUT2D eigenvalue weighted by Crippen LogP contribution is -1.96. The summed E-state index contributed by atoms with van der Waals surface area (Å²) >= 11 is 6.19. The Balaban J connectivity index is 0.000000956. The molecule has 20 heavy (non-hydrogen) atoms. The maximum Gasteiger partial charge on any atom is 0.161 e. The molecule has 0 saturated carbocycles. The van der Waals surface area contributed by atoms with Gasteiger partial charge in [0.05, 0.1) is 5.69 Å². The number of aromatic nitrogens is 2. The molecule has 0 radical (unpaired) electrons. The van der Waals surface area contributed by atoms with Crippen molar-refractivity contribution in [3.63, 3.8) is 0 Å². The van der Waals surface area contributed by atoms with Gasteiger partial charge in [-0.1, -0.05) is 74.5 Å². The molecule has 104 valence electrons. The average Bonchev–Trinajstić information content (AvgIpc) is 2.52. The molecule has 0 bridgehead atoms. The fraction of sp³-hybridized carbons (Fsp3) is 0.176. The molecule has 0 saturated heterocycles. The first-order valence-electron chi connectivity index (χ1n) is 6.64. The van der Waals surface area contributed by atoms with Crippen molar-refractivity contribution in [3.05, 3.63) is 59.4 Å². The Morgan fingerprint density at radius 3 is 2.30 bits per heavy atom. The summed E-state index contributed by atoms with van der Waals surface area (Å²) in [6, 6.07) is 9.75. The van der Waals surface area contributed by atoms with Crippen LogP contribution in [0.3, 0.4) is 0 Å². The lowest BCUT2D eigenvalue weighted by atomic mass is 10.1. The summed E-state index contributed by atoms with van der Waals surface area (Å²) in [5.41, 5.74) is 2.48. The van der Waals surface area contributed by atoms with Crippen molar-refractivity contribution >= 4 is 23.8 Å². The highest BCUT2D eigenvalue weighted by Crippen LogP contribution is 2.24. The largest absolute Gasteiger partial charge is 0.228 e. The van der Waals surface area contributed by atoms with Gasteiger partial charge in [0.1, 0.15) is 5.15 Å². The minimum atomic E-state index is 0.442. The second-order valence-corrected chi connectivity index (χ2v) is 4.07. The molecule has 0 aliphatic rings. The van der Waals surface area contributed by atoms with E-state index >= 15 is 0 Å². The molecule has 1 aromatic carbocycles. The van der Waals surface area contributed by atoms with Gasteiger partial charge in [0, 0.05) is 11.1 Å². The van der Waals surface area contributed by atoms with Gasteiger partial charge in [0.15, 0.2) is 5.82 Å². The van der Waals surface area contributed by atoms with Crippen LogP contribution in [0.5, 0.6) is 0 Å². The molecule has 1 heterocycles. The molecule has 0 fully saturated rings. The zero-order valence-corrected chi connectivity index (χ0v) is 12.9. The Hall–Kier alpha value is -1.93. The number of halogens is 1. The van der Waals surface area contributed by atoms with Gasteiger partial charge in [-0.15, -0.1) is 0 Å². The summed E-state index contributed by atoms with van der Waals surface area (Å²) in [6.45, 7) is 9.69. The fourth-order valence-corrected chi connectivity index (χ4v) is 1.89. The van der Waals surface area contributed by atoms with Gasteiger partial charge in [0.2, 0.25) is 0 Å². The van der Waals surface area contributed by atoms with Gasteiger partial charge in [-0.05, 0) is 13.0 Å². The van der Waals surface area contributed by atoms with Crippen molar-refractivity contribution in [2.75, 3.05) is 0 Å². The molecule has 2 nitrogen and oxygen atoms in total. The first kappa shape index (κ1) is 16.1. The molecule has 2 aromatic rings. The van der Waals surface area contributed by atoms with Crippen molar-refractivity contribution in [2.45, 2.75) is 20.8 Å². The van der Waals surface area contributed by atoms with Crippen LogP contribution in [0, 0.1) is 0 Å². The van der Waals surface area contributed by atoms with Gasteiger partial charge in [-0.3, -0.25) is 0 Å². The highest BCUT2D eigenvalue weighted by atomic mass is 35.5. The summed E-state index contributed by atoms with van der Waals surface area (Å²) in [7, 11) is 0. The number of nitrogens with zero attached hydrogens (tertiary/aromatic N) is 2. The van der Waals surface area contributed by atoms with Gasteiger partial charge in [0.25, 0.3) is 0 Å². The lowest BCUT2D eigenvalue weighted by Gasteiger charge is -2.06. The minimum Gasteiger partial charge on any atom is -0.228 e. The molecule has 3 heteroatoms. The Kier molecular flexibility index (Phi) is 6.68. The monoisotopic (exact) mass is 286 g/mol. The predicted molar refractivity (Wildman–Crippen MR) is 88.6 cm³/mol. The molecule has 2 rings (SSSR count). The first-order chi connectivity index (χ1) is 9.76. The van der Waals surface area contributed by atoms with Crippen LogP contribution in [0.4, 0.5) is 0 Å². The summed E-state index contributed by atoms with van der Waals surface area (Å²) in [6.07, 6.45) is 5.48. The molecular weight excluding hydrogens is 268 g/mol. The van der Waals surface area contributed by atoms with Gasteiger partial charge in [-0.2, -0.15) is 0 Å². The zero-order chi connectivity index (χ0) is 15.0. The highest BCUT2D eigenvalue weighted by Gasteiger charge is 2.09. The number of hydrogen-bond donors (Lipinski definition) is 0. The van der Waals surface area contributed by atoms with Crippen molar-refractivity contribution in [1.29, 1.82) is 0 Å². The van der Waals surface area contributed by atoms with E-state index in [2.05, 4.69) is 16.5 Å². The fourth-order valence-electron chi connectivity index (χ4n) is 1.65. The Labute approximate surface area is 125 Å². The molecule has 0 amide bonds. The van der Waals surface area contributed by atoms with Gasteiger partial charge in [-0.25, -0.2) is 9.97 Å². The van der Waals surface area contributed by atoms with Crippen LogP contribution >= 0.6 is 11.6 Å². The van der Waals surface area contributed by atoms with E-state index in [0.717, 1.165) is 16.8 Å². The average molecular weight is 287 g/mol. The van der Waals surface area contributed by atoms with Crippen molar-refractivity contribution in [1.82, 2.24) is 9.97 Å². The summed E-state index contributed by atoms with van der Waals surface area (Å²) < 4.78 is 0. The molecular formula is C17H19ClN2. The molecule has 1 aromatic heterocycles. The third-order valence-corrected chi connectivity index (χ3v) is 2.78. The van der Waals surface area contributed by atoms with Crippen LogP contribution in [-0.4, -0.2) is 9.97 Å². The number of allylic oxidation sites excluding steroid dienone is 1. The number of benzene rings is 1. The van der Waals surface area contributed by atoms with E-state index < -0.39 is 0 Å². The quantitative estimate of drug-likeness (QED) is 0.696. The van der Waals surface area contributed by atoms with Crippen LogP contribution in [-0.2, 0) is 0 Å². The molecule has 0 aliphatic carbocycles. The predicted octanol–water partition coefficient (Wildman–Crippen LogP) is 5.50. The molecule has 0 unspecified atom stereocenters. The first-order valence-corrected chi connectivity index (χ1v) is 7.02. The Bertz CT molecular complexity index is 589. The van der Waals surface area contributed by atoms with Crippen LogP contribution in [0.15, 0.2) is 43.0 Å². The van der Waals surface area contributed by atoms with Crippen molar-refractivity contribution in [2.24, 2.45) is 0 Å². The van der Waals surface area contributed by atoms with Crippen LogP contribution < -0.4 is 0 Å². The summed E-state index contributed by atoms with van der Waals surface area (Å²) in [4.78, 5) is 8.80. The molecule has 0 atom stereocenters.